The summed E-state index contributed by atoms with van der Waals surface area (Å²) in [7, 11) is 0. The van der Waals surface area contributed by atoms with E-state index in [2.05, 4.69) is 19.2 Å². The lowest BCUT2D eigenvalue weighted by Gasteiger charge is -2.50. The van der Waals surface area contributed by atoms with Crippen LogP contribution in [0.1, 0.15) is 65.2 Å². The summed E-state index contributed by atoms with van der Waals surface area (Å²) < 4.78 is 0. The number of carbonyl (C=O) groups is 2. The summed E-state index contributed by atoms with van der Waals surface area (Å²) in [5.74, 6) is 1.27. The van der Waals surface area contributed by atoms with Gasteiger partial charge in [0.2, 0.25) is 11.8 Å². The van der Waals surface area contributed by atoms with E-state index >= 15 is 0 Å². The van der Waals surface area contributed by atoms with Gasteiger partial charge >= 0.3 is 0 Å². The van der Waals surface area contributed by atoms with Crippen molar-refractivity contribution in [1.82, 2.24) is 10.2 Å². The van der Waals surface area contributed by atoms with Gasteiger partial charge in [-0.2, -0.15) is 0 Å². The maximum Gasteiger partial charge on any atom is 0.246 e. The van der Waals surface area contributed by atoms with E-state index in [0.29, 0.717) is 11.8 Å². The van der Waals surface area contributed by atoms with E-state index in [1.165, 1.54) is 6.42 Å². The second kappa shape index (κ2) is 5.62. The van der Waals surface area contributed by atoms with Gasteiger partial charge in [0.1, 0.15) is 11.6 Å². The highest BCUT2D eigenvalue weighted by molar-refractivity contribution is 6.00. The van der Waals surface area contributed by atoms with Gasteiger partial charge in [-0.15, -0.1) is 0 Å². The second-order valence-corrected chi connectivity index (χ2v) is 7.55. The first-order chi connectivity index (χ1) is 10.0. The van der Waals surface area contributed by atoms with Gasteiger partial charge in [0.15, 0.2) is 0 Å². The van der Waals surface area contributed by atoms with Crippen LogP contribution in [0, 0.1) is 11.8 Å². The molecule has 3 rings (SSSR count). The summed E-state index contributed by atoms with van der Waals surface area (Å²) in [6.45, 7) is 5.11. The Kier molecular flexibility index (Phi) is 3.98. The zero-order chi connectivity index (χ0) is 15.0. The topological polar surface area (TPSA) is 49.4 Å². The van der Waals surface area contributed by atoms with Crippen molar-refractivity contribution in [2.75, 3.05) is 6.54 Å². The van der Waals surface area contributed by atoms with Gasteiger partial charge in [0.05, 0.1) is 0 Å². The minimum absolute atomic E-state index is 0.127. The van der Waals surface area contributed by atoms with E-state index in [-0.39, 0.29) is 17.9 Å². The molecule has 2 saturated carbocycles. The molecule has 1 heterocycles. The van der Waals surface area contributed by atoms with Crippen molar-refractivity contribution < 1.29 is 9.59 Å². The maximum absolute atomic E-state index is 12.9. The minimum atomic E-state index is -0.532. The monoisotopic (exact) mass is 292 g/mol. The lowest BCUT2D eigenvalue weighted by molar-refractivity contribution is -0.161. The van der Waals surface area contributed by atoms with Gasteiger partial charge in [0.25, 0.3) is 0 Å². The number of carbonyl (C=O) groups excluding carboxylic acids is 2. The number of nitrogens with zero attached hydrogens (tertiary/aromatic N) is 1. The maximum atomic E-state index is 12.9. The van der Waals surface area contributed by atoms with E-state index in [1.807, 2.05) is 4.90 Å². The third kappa shape index (κ3) is 2.69. The van der Waals surface area contributed by atoms with Crippen molar-refractivity contribution in [1.29, 1.82) is 0 Å². The third-order valence-electron chi connectivity index (χ3n) is 5.46. The molecule has 1 unspecified atom stereocenters. The van der Waals surface area contributed by atoms with E-state index in [1.54, 1.807) is 0 Å². The number of hydrogen-bond acceptors (Lipinski definition) is 2. The van der Waals surface area contributed by atoms with Crippen LogP contribution in [0.4, 0.5) is 0 Å². The Morgan fingerprint density at radius 2 is 1.86 bits per heavy atom. The second-order valence-electron chi connectivity index (χ2n) is 7.55. The Labute approximate surface area is 127 Å². The van der Waals surface area contributed by atoms with Crippen molar-refractivity contribution in [3.63, 3.8) is 0 Å². The molecule has 2 amide bonds. The van der Waals surface area contributed by atoms with E-state index in [0.717, 1.165) is 51.5 Å². The number of amides is 2. The van der Waals surface area contributed by atoms with Crippen molar-refractivity contribution >= 4 is 11.8 Å². The lowest BCUT2D eigenvalue weighted by Crippen LogP contribution is -2.71. The molecule has 118 valence electrons. The zero-order valence-corrected chi connectivity index (χ0v) is 13.4. The Bertz CT molecular complexity index is 423. The number of nitrogens with one attached hydrogen (secondary N) is 1. The lowest BCUT2D eigenvalue weighted by atomic mass is 9.77. The molecule has 21 heavy (non-hydrogen) atoms. The van der Waals surface area contributed by atoms with Crippen molar-refractivity contribution in [3.05, 3.63) is 0 Å². The molecule has 0 aromatic heterocycles. The van der Waals surface area contributed by atoms with E-state index in [9.17, 15) is 9.59 Å². The fourth-order valence-corrected chi connectivity index (χ4v) is 3.93. The van der Waals surface area contributed by atoms with E-state index in [4.69, 9.17) is 0 Å². The summed E-state index contributed by atoms with van der Waals surface area (Å²) in [6.07, 6.45) is 8.16. The van der Waals surface area contributed by atoms with Crippen LogP contribution in [0.5, 0.6) is 0 Å². The van der Waals surface area contributed by atoms with Crippen LogP contribution in [-0.4, -0.2) is 34.8 Å². The van der Waals surface area contributed by atoms with Crippen LogP contribution in [0.2, 0.25) is 0 Å². The molecule has 0 aromatic carbocycles. The van der Waals surface area contributed by atoms with Gasteiger partial charge in [-0.3, -0.25) is 9.59 Å². The molecule has 1 aliphatic heterocycles. The van der Waals surface area contributed by atoms with Crippen molar-refractivity contribution in [2.45, 2.75) is 76.8 Å². The quantitative estimate of drug-likeness (QED) is 0.865. The molecule has 1 saturated heterocycles. The zero-order valence-electron chi connectivity index (χ0n) is 13.4. The SMILES string of the molecule is CC(C)CCN1C(=O)C(C2CC2)NC(=O)C12CCCCC2. The molecule has 1 atom stereocenters. The van der Waals surface area contributed by atoms with Crippen LogP contribution in [0.25, 0.3) is 0 Å². The highest BCUT2D eigenvalue weighted by atomic mass is 16.2. The fourth-order valence-electron chi connectivity index (χ4n) is 3.93. The van der Waals surface area contributed by atoms with E-state index < -0.39 is 5.54 Å². The summed E-state index contributed by atoms with van der Waals surface area (Å²) in [4.78, 5) is 27.7. The van der Waals surface area contributed by atoms with Crippen LogP contribution in [0.3, 0.4) is 0 Å². The van der Waals surface area contributed by atoms with Gasteiger partial charge in [-0.1, -0.05) is 33.1 Å². The molecule has 3 aliphatic rings. The Morgan fingerprint density at radius 3 is 2.43 bits per heavy atom. The van der Waals surface area contributed by atoms with Crippen molar-refractivity contribution in [3.8, 4) is 0 Å². The first kappa shape index (κ1) is 14.9. The molecule has 2 aliphatic carbocycles. The molecule has 1 N–H and O–H groups in total. The van der Waals surface area contributed by atoms with Gasteiger partial charge < -0.3 is 10.2 Å². The first-order valence-corrected chi connectivity index (χ1v) is 8.67. The van der Waals surface area contributed by atoms with Crippen molar-refractivity contribution in [2.24, 2.45) is 11.8 Å². The Hall–Kier alpha value is -1.06. The predicted octanol–water partition coefficient (Wildman–Crippen LogP) is 2.47. The largest absolute Gasteiger partial charge is 0.342 e. The molecule has 3 fully saturated rings. The molecule has 0 bridgehead atoms. The fraction of sp³-hybridized carbons (Fsp3) is 0.882. The van der Waals surface area contributed by atoms with Crippen LogP contribution >= 0.6 is 0 Å². The third-order valence-corrected chi connectivity index (χ3v) is 5.46. The number of piperazine rings is 1. The Morgan fingerprint density at radius 1 is 1.19 bits per heavy atom. The summed E-state index contributed by atoms with van der Waals surface area (Å²) >= 11 is 0. The van der Waals surface area contributed by atoms with Crippen LogP contribution in [-0.2, 0) is 9.59 Å². The smallest absolute Gasteiger partial charge is 0.246 e. The molecule has 4 heteroatoms. The molecular weight excluding hydrogens is 264 g/mol. The van der Waals surface area contributed by atoms with Gasteiger partial charge in [-0.05, 0) is 43.9 Å². The number of hydrogen-bond donors (Lipinski definition) is 1. The predicted molar refractivity (Wildman–Crippen MR) is 81.6 cm³/mol. The summed E-state index contributed by atoms with van der Waals surface area (Å²) in [5, 5.41) is 3.08. The standard InChI is InChI=1S/C17H28N2O2/c1-12(2)8-11-19-15(20)14(13-6-7-13)18-16(21)17(19)9-4-3-5-10-17/h12-14H,3-11H2,1-2H3,(H,18,21). The van der Waals surface area contributed by atoms with Gasteiger partial charge in [-0.25, -0.2) is 0 Å². The number of rotatable bonds is 4. The normalized spacial score (nSPS) is 29.1. The first-order valence-electron chi connectivity index (χ1n) is 8.67. The minimum Gasteiger partial charge on any atom is -0.342 e. The van der Waals surface area contributed by atoms with Crippen LogP contribution in [0.15, 0.2) is 0 Å². The molecule has 1 spiro atoms. The average molecular weight is 292 g/mol. The Balaban J connectivity index is 1.84. The summed E-state index contributed by atoms with van der Waals surface area (Å²) in [5.41, 5.74) is -0.532. The highest BCUT2D eigenvalue weighted by Crippen LogP contribution is 2.41. The van der Waals surface area contributed by atoms with Gasteiger partial charge in [0, 0.05) is 6.54 Å². The molecule has 0 radical (unpaired) electrons. The molecular formula is C17H28N2O2. The van der Waals surface area contributed by atoms with Crippen LogP contribution < -0.4 is 5.32 Å². The average Bonchev–Trinajstić information content (AvgIpc) is 3.28. The molecule has 0 aromatic rings. The molecule has 4 nitrogen and oxygen atoms in total. The highest BCUT2D eigenvalue weighted by Gasteiger charge is 2.55. The summed E-state index contributed by atoms with van der Waals surface area (Å²) in [6, 6.07) is -0.239.